The predicted octanol–water partition coefficient (Wildman–Crippen LogP) is -2.54. The number of carbonyl (C=O) groups excluding carboxylic acids is 2. The number of H-pyrrole nitrogens is 1. The molecule has 11 heteroatoms. The molecule has 2 rings (SSSR count). The monoisotopic (exact) mass is 276 g/mol. The first kappa shape index (κ1) is 12.9. The molecule has 0 aromatic carbocycles. The van der Waals surface area contributed by atoms with Crippen molar-refractivity contribution in [2.24, 2.45) is 0 Å². The van der Waals surface area contributed by atoms with E-state index < -0.39 is 41.0 Å². The third-order valence-corrected chi connectivity index (χ3v) is 2.42. The second-order valence-electron chi connectivity index (χ2n) is 3.61. The molecule has 0 bridgehead atoms. The molecule has 0 unspecified atom stereocenters. The molecule has 4 N–H and O–H groups in total. The number of nitrogens with one attached hydrogen (secondary N) is 3. The molecule has 1 aromatic heterocycles. The van der Waals surface area contributed by atoms with Crippen LogP contribution in [0, 0.1) is 5.82 Å². The van der Waals surface area contributed by atoms with Gasteiger partial charge in [0.15, 0.2) is 6.23 Å². The molecule has 2 heterocycles. The highest BCUT2D eigenvalue weighted by molar-refractivity contribution is 6.00. The van der Waals surface area contributed by atoms with Crippen LogP contribution in [0.15, 0.2) is 15.8 Å². The Bertz CT molecular complexity index is 682. The molecule has 19 heavy (non-hydrogen) atoms. The summed E-state index contributed by atoms with van der Waals surface area (Å²) in [7, 11) is 0. The first-order valence-corrected chi connectivity index (χ1v) is 4.77. The second-order valence-corrected chi connectivity index (χ2v) is 3.61. The number of hydrogen-bond acceptors (Lipinski definition) is 5. The molecule has 1 aliphatic rings. The number of amides is 3. The van der Waals surface area contributed by atoms with Crippen molar-refractivity contribution in [3.05, 3.63) is 32.9 Å². The number of carbonyl (C=O) groups is 2. The van der Waals surface area contributed by atoms with E-state index in [0.717, 1.165) is 0 Å². The van der Waals surface area contributed by atoms with Gasteiger partial charge in [-0.3, -0.25) is 24.5 Å². The Kier molecular flexibility index (Phi) is 2.70. The molecule has 1 saturated heterocycles. The van der Waals surface area contributed by atoms with Crippen LogP contribution in [-0.4, -0.2) is 32.8 Å². The molecule has 0 saturated carbocycles. The van der Waals surface area contributed by atoms with E-state index >= 15 is 0 Å². The van der Waals surface area contributed by atoms with Gasteiger partial charge in [0.25, 0.3) is 11.5 Å². The lowest BCUT2D eigenvalue weighted by atomic mass is 10.1. The number of halogens is 2. The summed E-state index contributed by atoms with van der Waals surface area (Å²) in [5, 5.41) is 12.4. The summed E-state index contributed by atoms with van der Waals surface area (Å²) in [6.45, 7) is 0. The van der Waals surface area contributed by atoms with Crippen LogP contribution < -0.4 is 21.9 Å². The van der Waals surface area contributed by atoms with Gasteiger partial charge in [-0.05, 0) is 0 Å². The highest BCUT2D eigenvalue weighted by Crippen LogP contribution is 2.23. The number of aliphatic hydroxyl groups is 1. The fourth-order valence-electron chi connectivity index (χ4n) is 1.50. The molecular formula is C8H6F2N4O5. The lowest BCUT2D eigenvalue weighted by Gasteiger charge is -2.33. The van der Waals surface area contributed by atoms with Crippen molar-refractivity contribution in [1.82, 2.24) is 20.2 Å². The smallest absolute Gasteiger partial charge is 0.331 e. The van der Waals surface area contributed by atoms with E-state index in [1.165, 1.54) is 10.3 Å². The van der Waals surface area contributed by atoms with Crippen LogP contribution in [0.5, 0.6) is 0 Å². The van der Waals surface area contributed by atoms with Gasteiger partial charge >= 0.3 is 17.5 Å². The standard InChI is InChI=1S/C8H6F2N4O5/c9-2-1-14(7(19)11-3(2)15)8(10)4(16)12-6(18)13-5(8)17/h1,4,16H,(H,11,15,19)(H2,12,13,17,18)/t4-,8+/m1/s1. The molecular weight excluding hydrogens is 270 g/mol. The van der Waals surface area contributed by atoms with Crippen molar-refractivity contribution in [3.8, 4) is 0 Å². The van der Waals surface area contributed by atoms with E-state index in [1.54, 1.807) is 5.32 Å². The van der Waals surface area contributed by atoms with Gasteiger partial charge < -0.3 is 10.4 Å². The van der Waals surface area contributed by atoms with Gasteiger partial charge in [0.1, 0.15) is 0 Å². The Morgan fingerprint density at radius 2 is 1.95 bits per heavy atom. The van der Waals surface area contributed by atoms with Gasteiger partial charge in [0, 0.05) is 0 Å². The van der Waals surface area contributed by atoms with Crippen LogP contribution in [0.3, 0.4) is 0 Å². The van der Waals surface area contributed by atoms with Crippen molar-refractivity contribution in [1.29, 1.82) is 0 Å². The van der Waals surface area contributed by atoms with Gasteiger partial charge in [-0.1, -0.05) is 0 Å². The molecule has 1 aliphatic heterocycles. The van der Waals surface area contributed by atoms with E-state index in [0.29, 0.717) is 0 Å². The average Bonchev–Trinajstić information content (AvgIpc) is 2.30. The Balaban J connectivity index is 2.65. The Labute approximate surface area is 101 Å². The fraction of sp³-hybridized carbons (Fsp3) is 0.250. The summed E-state index contributed by atoms with van der Waals surface area (Å²) in [5.41, 5.74) is -2.89. The summed E-state index contributed by atoms with van der Waals surface area (Å²) in [6.07, 6.45) is -2.32. The summed E-state index contributed by atoms with van der Waals surface area (Å²) in [5.74, 6) is -6.72. The number of aromatic nitrogens is 2. The molecule has 9 nitrogen and oxygen atoms in total. The van der Waals surface area contributed by atoms with Gasteiger partial charge in [-0.25, -0.2) is 14.0 Å². The zero-order valence-corrected chi connectivity index (χ0v) is 8.94. The van der Waals surface area contributed by atoms with E-state index in [-0.39, 0.29) is 10.8 Å². The van der Waals surface area contributed by atoms with Crippen molar-refractivity contribution in [2.75, 3.05) is 0 Å². The molecule has 0 aliphatic carbocycles. The molecule has 0 spiro atoms. The number of urea groups is 1. The minimum atomic E-state index is -3.49. The number of rotatable bonds is 1. The lowest BCUT2D eigenvalue weighted by Crippen LogP contribution is -2.69. The molecule has 102 valence electrons. The minimum Gasteiger partial charge on any atom is -0.368 e. The lowest BCUT2D eigenvalue weighted by molar-refractivity contribution is -0.158. The quantitative estimate of drug-likeness (QED) is 0.448. The molecule has 1 fully saturated rings. The zero-order chi connectivity index (χ0) is 14.4. The predicted molar refractivity (Wildman–Crippen MR) is 53.0 cm³/mol. The zero-order valence-electron chi connectivity index (χ0n) is 8.94. The maximum Gasteiger partial charge on any atom is 0.331 e. The number of alkyl halides is 1. The van der Waals surface area contributed by atoms with E-state index in [4.69, 9.17) is 0 Å². The Hall–Kier alpha value is -2.56. The van der Waals surface area contributed by atoms with Crippen molar-refractivity contribution >= 4 is 11.9 Å². The van der Waals surface area contributed by atoms with E-state index in [9.17, 15) is 33.1 Å². The molecule has 2 atom stereocenters. The third kappa shape index (κ3) is 1.79. The highest BCUT2D eigenvalue weighted by atomic mass is 19.1. The first-order chi connectivity index (χ1) is 8.76. The molecule has 1 aromatic rings. The number of aromatic amines is 1. The maximum atomic E-state index is 14.4. The normalized spacial score (nSPS) is 26.8. The van der Waals surface area contributed by atoms with Gasteiger partial charge in [0.2, 0.25) is 5.82 Å². The molecule has 3 amide bonds. The second kappa shape index (κ2) is 3.98. The summed E-state index contributed by atoms with van der Waals surface area (Å²) < 4.78 is 27.3. The van der Waals surface area contributed by atoms with Gasteiger partial charge in [-0.15, -0.1) is 0 Å². The van der Waals surface area contributed by atoms with Crippen LogP contribution in [0.4, 0.5) is 13.6 Å². The third-order valence-electron chi connectivity index (χ3n) is 2.42. The molecule has 0 radical (unpaired) electrons. The van der Waals surface area contributed by atoms with E-state index in [1.807, 2.05) is 0 Å². The van der Waals surface area contributed by atoms with Gasteiger partial charge in [0.05, 0.1) is 6.20 Å². The summed E-state index contributed by atoms with van der Waals surface area (Å²) in [4.78, 5) is 45.8. The van der Waals surface area contributed by atoms with Crippen LogP contribution in [0.2, 0.25) is 0 Å². The number of nitrogens with zero attached hydrogens (tertiary/aromatic N) is 1. The summed E-state index contributed by atoms with van der Waals surface area (Å²) in [6, 6.07) is -1.19. The minimum absolute atomic E-state index is 0.113. The van der Waals surface area contributed by atoms with Crippen LogP contribution in [-0.2, 0) is 10.6 Å². The Morgan fingerprint density at radius 1 is 1.32 bits per heavy atom. The van der Waals surface area contributed by atoms with Crippen LogP contribution in [0.25, 0.3) is 0 Å². The summed E-state index contributed by atoms with van der Waals surface area (Å²) >= 11 is 0. The number of hydrogen-bond donors (Lipinski definition) is 4. The highest BCUT2D eigenvalue weighted by Gasteiger charge is 2.53. The largest absolute Gasteiger partial charge is 0.368 e. The maximum absolute atomic E-state index is 14.4. The van der Waals surface area contributed by atoms with Gasteiger partial charge in [-0.2, -0.15) is 4.39 Å². The number of imide groups is 1. The number of aliphatic hydroxyl groups excluding tert-OH is 1. The first-order valence-electron chi connectivity index (χ1n) is 4.77. The van der Waals surface area contributed by atoms with Crippen LogP contribution in [0.1, 0.15) is 0 Å². The van der Waals surface area contributed by atoms with Crippen molar-refractivity contribution in [2.45, 2.75) is 12.0 Å². The topological polar surface area (TPSA) is 133 Å². The van der Waals surface area contributed by atoms with E-state index in [2.05, 4.69) is 0 Å². The average molecular weight is 276 g/mol. The Morgan fingerprint density at radius 3 is 2.53 bits per heavy atom. The fourth-order valence-corrected chi connectivity index (χ4v) is 1.50. The van der Waals surface area contributed by atoms with Crippen LogP contribution >= 0.6 is 0 Å². The van der Waals surface area contributed by atoms with Crippen molar-refractivity contribution < 1.29 is 23.5 Å². The van der Waals surface area contributed by atoms with Crippen molar-refractivity contribution in [3.63, 3.8) is 0 Å². The SMILES string of the molecule is O=C1NC(=O)[C@@](F)(n2cc(F)c(=O)[nH]c2=O)[C@@H](O)N1.